The molecule has 2 rings (SSSR count). The Labute approximate surface area is 122 Å². The van der Waals surface area contributed by atoms with Crippen molar-refractivity contribution in [2.24, 2.45) is 5.92 Å². The van der Waals surface area contributed by atoms with Crippen LogP contribution in [-0.4, -0.2) is 17.8 Å². The Morgan fingerprint density at radius 1 is 1.53 bits per heavy atom. The van der Waals surface area contributed by atoms with Gasteiger partial charge in [0.05, 0.1) is 5.60 Å². The first-order valence-electron chi connectivity index (χ1n) is 6.66. The molecule has 3 atom stereocenters. The number of halogens is 2. The highest BCUT2D eigenvalue weighted by atomic mass is 79.9. The number of aliphatic hydroxyl groups is 1. The average molecular weight is 331 g/mol. The van der Waals surface area contributed by atoms with Gasteiger partial charge in [-0.2, -0.15) is 0 Å². The number of benzene rings is 1. The summed E-state index contributed by atoms with van der Waals surface area (Å²) in [6.07, 6.45) is 2.73. The predicted octanol–water partition coefficient (Wildman–Crippen LogP) is 4.22. The van der Waals surface area contributed by atoms with Crippen molar-refractivity contribution in [2.75, 3.05) is 7.11 Å². The summed E-state index contributed by atoms with van der Waals surface area (Å²) in [6, 6.07) is 4.65. The Kier molecular flexibility index (Phi) is 4.64. The van der Waals surface area contributed by atoms with Crippen LogP contribution in [0, 0.1) is 11.7 Å². The van der Waals surface area contributed by atoms with E-state index in [1.807, 2.05) is 0 Å². The van der Waals surface area contributed by atoms with Crippen LogP contribution in [0.5, 0.6) is 0 Å². The van der Waals surface area contributed by atoms with Gasteiger partial charge < -0.3 is 9.84 Å². The zero-order valence-electron chi connectivity index (χ0n) is 11.3. The van der Waals surface area contributed by atoms with Crippen LogP contribution in [0.2, 0.25) is 0 Å². The minimum atomic E-state index is -0.933. The van der Waals surface area contributed by atoms with Crippen LogP contribution in [0.4, 0.5) is 4.39 Å². The molecule has 19 heavy (non-hydrogen) atoms. The molecule has 2 nitrogen and oxygen atoms in total. The third kappa shape index (κ3) is 3.01. The monoisotopic (exact) mass is 330 g/mol. The van der Waals surface area contributed by atoms with E-state index in [0.29, 0.717) is 11.5 Å². The van der Waals surface area contributed by atoms with E-state index in [-0.39, 0.29) is 5.82 Å². The molecular weight excluding hydrogens is 311 g/mol. The van der Waals surface area contributed by atoms with Crippen LogP contribution in [-0.2, 0) is 4.74 Å². The normalized spacial score (nSPS) is 29.2. The quantitative estimate of drug-likeness (QED) is 0.899. The summed E-state index contributed by atoms with van der Waals surface area (Å²) >= 11 is 3.32. The Morgan fingerprint density at radius 2 is 2.26 bits per heavy atom. The molecule has 0 saturated heterocycles. The van der Waals surface area contributed by atoms with Gasteiger partial charge in [-0.05, 0) is 37.0 Å². The molecule has 0 bridgehead atoms. The molecule has 1 aliphatic rings. The summed E-state index contributed by atoms with van der Waals surface area (Å²) in [5.74, 6) is 0.101. The van der Waals surface area contributed by atoms with Crippen molar-refractivity contribution in [3.63, 3.8) is 0 Å². The Balaban J connectivity index is 2.34. The van der Waals surface area contributed by atoms with Crippen molar-refractivity contribution in [3.8, 4) is 0 Å². The van der Waals surface area contributed by atoms with Gasteiger partial charge in [0, 0.05) is 17.1 Å². The molecule has 106 valence electrons. The number of methoxy groups -OCH3 is 1. The highest BCUT2D eigenvalue weighted by Crippen LogP contribution is 2.44. The van der Waals surface area contributed by atoms with Crippen molar-refractivity contribution in [1.82, 2.24) is 0 Å². The van der Waals surface area contributed by atoms with Gasteiger partial charge in [-0.25, -0.2) is 4.39 Å². The predicted molar refractivity (Wildman–Crippen MR) is 76.4 cm³/mol. The maximum absolute atomic E-state index is 13.9. The maximum Gasteiger partial charge on any atom is 0.129 e. The van der Waals surface area contributed by atoms with E-state index < -0.39 is 11.7 Å². The molecule has 0 heterocycles. The van der Waals surface area contributed by atoms with Gasteiger partial charge in [0.2, 0.25) is 0 Å². The molecule has 4 heteroatoms. The fourth-order valence-electron chi connectivity index (χ4n) is 3.10. The summed E-state index contributed by atoms with van der Waals surface area (Å²) in [6.45, 7) is 2.15. The minimum Gasteiger partial charge on any atom is -0.385 e. The lowest BCUT2D eigenvalue weighted by Gasteiger charge is -2.42. The fourth-order valence-corrected chi connectivity index (χ4v) is 3.48. The van der Waals surface area contributed by atoms with Crippen LogP contribution in [0.1, 0.15) is 44.3 Å². The molecule has 1 aromatic rings. The fraction of sp³-hybridized carbons (Fsp3) is 0.600. The van der Waals surface area contributed by atoms with E-state index in [9.17, 15) is 9.50 Å². The van der Waals surface area contributed by atoms with Crippen LogP contribution < -0.4 is 0 Å². The number of rotatable bonds is 3. The number of hydrogen-bond acceptors (Lipinski definition) is 2. The zero-order chi connectivity index (χ0) is 14.0. The summed E-state index contributed by atoms with van der Waals surface area (Å²) in [5.41, 5.74) is -0.357. The van der Waals surface area contributed by atoms with Crippen LogP contribution >= 0.6 is 15.9 Å². The van der Waals surface area contributed by atoms with Crippen LogP contribution in [0.3, 0.4) is 0 Å². The topological polar surface area (TPSA) is 29.5 Å². The molecule has 0 aromatic heterocycles. The third-order valence-corrected chi connectivity index (χ3v) is 4.64. The molecule has 1 N–H and O–H groups in total. The second kappa shape index (κ2) is 5.90. The molecule has 0 spiro atoms. The lowest BCUT2D eigenvalue weighted by Crippen LogP contribution is -2.43. The second-order valence-corrected chi connectivity index (χ2v) is 6.45. The Hall–Kier alpha value is -0.450. The lowest BCUT2D eigenvalue weighted by molar-refractivity contribution is -0.135. The standard InChI is InChI=1S/C15H20BrFO2/c1-10-4-3-7-15(9-10,19-2)14(18)12-8-11(16)5-6-13(12)17/h5-6,8,10,14,18H,3-4,7,9H2,1-2H3. The molecule has 3 unspecified atom stereocenters. The van der Waals surface area contributed by atoms with E-state index in [4.69, 9.17) is 4.74 Å². The molecule has 1 aromatic carbocycles. The molecule has 0 amide bonds. The van der Waals surface area contributed by atoms with Crippen molar-refractivity contribution in [2.45, 2.75) is 44.3 Å². The summed E-state index contributed by atoms with van der Waals surface area (Å²) in [5, 5.41) is 10.6. The zero-order valence-corrected chi connectivity index (χ0v) is 12.9. The van der Waals surface area contributed by atoms with E-state index >= 15 is 0 Å². The average Bonchev–Trinajstić information content (AvgIpc) is 2.40. The van der Waals surface area contributed by atoms with Crippen molar-refractivity contribution >= 4 is 15.9 Å². The van der Waals surface area contributed by atoms with Gasteiger partial charge in [0.15, 0.2) is 0 Å². The lowest BCUT2D eigenvalue weighted by atomic mass is 9.74. The third-order valence-electron chi connectivity index (χ3n) is 4.15. The number of hydrogen-bond donors (Lipinski definition) is 1. The highest BCUT2D eigenvalue weighted by Gasteiger charge is 2.43. The van der Waals surface area contributed by atoms with Gasteiger partial charge in [0.1, 0.15) is 11.9 Å². The number of ether oxygens (including phenoxy) is 1. The van der Waals surface area contributed by atoms with Gasteiger partial charge in [-0.3, -0.25) is 0 Å². The summed E-state index contributed by atoms with van der Waals surface area (Å²) in [4.78, 5) is 0. The van der Waals surface area contributed by atoms with Crippen LogP contribution in [0.15, 0.2) is 22.7 Å². The molecule has 1 saturated carbocycles. The van der Waals surface area contributed by atoms with Crippen molar-refractivity contribution in [1.29, 1.82) is 0 Å². The smallest absolute Gasteiger partial charge is 0.129 e. The SMILES string of the molecule is COC1(C(O)c2cc(Br)ccc2F)CCCC(C)C1. The van der Waals surface area contributed by atoms with E-state index in [1.165, 1.54) is 6.07 Å². The van der Waals surface area contributed by atoms with Crippen molar-refractivity contribution < 1.29 is 14.2 Å². The first-order valence-corrected chi connectivity index (χ1v) is 7.46. The van der Waals surface area contributed by atoms with Gasteiger partial charge in [-0.1, -0.05) is 35.7 Å². The van der Waals surface area contributed by atoms with E-state index in [1.54, 1.807) is 19.2 Å². The largest absolute Gasteiger partial charge is 0.385 e. The van der Waals surface area contributed by atoms with Gasteiger partial charge >= 0.3 is 0 Å². The van der Waals surface area contributed by atoms with Gasteiger partial charge in [0.25, 0.3) is 0 Å². The first kappa shape index (κ1) is 14.9. The molecule has 1 aliphatic carbocycles. The Bertz CT molecular complexity index is 452. The molecular formula is C15H20BrFO2. The Morgan fingerprint density at radius 3 is 2.89 bits per heavy atom. The maximum atomic E-state index is 13.9. The molecule has 1 fully saturated rings. The van der Waals surface area contributed by atoms with Crippen LogP contribution in [0.25, 0.3) is 0 Å². The van der Waals surface area contributed by atoms with E-state index in [2.05, 4.69) is 22.9 Å². The highest BCUT2D eigenvalue weighted by molar-refractivity contribution is 9.10. The summed E-state index contributed by atoms with van der Waals surface area (Å²) in [7, 11) is 1.61. The van der Waals surface area contributed by atoms with Crippen molar-refractivity contribution in [3.05, 3.63) is 34.1 Å². The first-order chi connectivity index (χ1) is 8.98. The number of aliphatic hydroxyl groups excluding tert-OH is 1. The van der Waals surface area contributed by atoms with Gasteiger partial charge in [-0.15, -0.1) is 0 Å². The second-order valence-electron chi connectivity index (χ2n) is 5.54. The molecule has 0 radical (unpaired) electrons. The minimum absolute atomic E-state index is 0.310. The van der Waals surface area contributed by atoms with E-state index in [0.717, 1.165) is 30.2 Å². The summed E-state index contributed by atoms with van der Waals surface area (Å²) < 4.78 is 20.3. The molecule has 0 aliphatic heterocycles.